The molecule has 11 nitrogen and oxygen atoms in total. The largest absolute Gasteiger partial charge is 0.378 e. The number of fused-ring (bicyclic) bond motifs is 2. The van der Waals surface area contributed by atoms with Gasteiger partial charge in [0.05, 0.1) is 17.3 Å². The lowest BCUT2D eigenvalue weighted by Gasteiger charge is -2.23. The number of amides is 1. The van der Waals surface area contributed by atoms with Crippen LogP contribution < -0.4 is 15.2 Å². The van der Waals surface area contributed by atoms with Gasteiger partial charge in [-0.2, -0.15) is 23.7 Å². The van der Waals surface area contributed by atoms with E-state index < -0.39 is 82.6 Å². The second-order valence-corrected chi connectivity index (χ2v) is 13.4. The number of nitrogens with two attached hydrogens (primary N) is 1. The highest BCUT2D eigenvalue weighted by Crippen LogP contribution is 2.45. The molecule has 0 spiro atoms. The van der Waals surface area contributed by atoms with Crippen LogP contribution in [0.15, 0.2) is 48.5 Å². The molecule has 0 radical (unpaired) electrons. The molecule has 2 atom stereocenters. The van der Waals surface area contributed by atoms with Crippen LogP contribution in [0, 0.1) is 23.5 Å². The number of carbonyl (C=O) groups excluding carboxylic acids is 1. The van der Waals surface area contributed by atoms with E-state index in [0.29, 0.717) is 28.1 Å². The predicted molar refractivity (Wildman–Crippen MR) is 191 cm³/mol. The molecule has 1 aliphatic rings. The number of halogens is 6. The fourth-order valence-electron chi connectivity index (χ4n) is 6.18. The average Bonchev–Trinajstić information content (AvgIpc) is 3.74. The van der Waals surface area contributed by atoms with E-state index in [4.69, 9.17) is 5.14 Å². The number of para-hydroxylation sites is 1. The van der Waals surface area contributed by atoms with E-state index in [9.17, 15) is 31.7 Å². The lowest BCUT2D eigenvalue weighted by Crippen LogP contribution is -2.37. The zero-order chi connectivity index (χ0) is 39.7. The number of anilines is 1. The molecule has 6 rings (SSSR count). The fraction of sp³-hybridized carbons (Fsp3) is 0.333. The summed E-state index contributed by atoms with van der Waals surface area (Å²) in [6.45, 7) is 6.87. The normalized spacial score (nSPS) is 14.5. The van der Waals surface area contributed by atoms with Crippen molar-refractivity contribution in [3.8, 4) is 23.0 Å². The Bertz CT molecular complexity index is 2290. The molecule has 286 valence electrons. The standard InChI is InChI=1S/C34H30F6N8O3S.C2H6/c1-33(2,50)11-9-20-7-8-21(22-5-4-6-24-28(22)47(3)45-31(24)46-52(41)51)26(42-20)25(15-17-13-18(35)16-19(36)14-17)43-32(49)48-29-23(10-12-34(29,39)40)27(44-48)30(37)38;1-2/h4-8,13-14,16,25,30,50H,10,12,15,41H2,1-3H3,(H,43,49)(H,45,46);1-2H3. The molecule has 54 heavy (non-hydrogen) atoms. The number of aromatic nitrogens is 5. The van der Waals surface area contributed by atoms with E-state index >= 15 is 8.78 Å². The van der Waals surface area contributed by atoms with E-state index in [1.54, 1.807) is 31.3 Å². The predicted octanol–water partition coefficient (Wildman–Crippen LogP) is 6.73. The second-order valence-electron chi connectivity index (χ2n) is 12.6. The molecule has 5 N–H and O–H groups in total. The highest BCUT2D eigenvalue weighted by atomic mass is 32.2. The summed E-state index contributed by atoms with van der Waals surface area (Å²) >= 11 is -1.98. The van der Waals surface area contributed by atoms with Gasteiger partial charge in [0, 0.05) is 41.6 Å². The smallest absolute Gasteiger partial charge is 0.343 e. The zero-order valence-electron chi connectivity index (χ0n) is 29.6. The van der Waals surface area contributed by atoms with Crippen LogP contribution in [0.2, 0.25) is 0 Å². The number of pyridine rings is 1. The van der Waals surface area contributed by atoms with Crippen molar-refractivity contribution in [3.05, 3.63) is 94.1 Å². The molecular weight excluding hydrogens is 739 g/mol. The first kappa shape index (κ1) is 39.9. The Morgan fingerprint density at radius 3 is 2.39 bits per heavy atom. The molecule has 5 aromatic rings. The number of nitrogens with one attached hydrogen (secondary N) is 2. The van der Waals surface area contributed by atoms with Crippen molar-refractivity contribution in [1.29, 1.82) is 0 Å². The Hall–Kier alpha value is -5.25. The SMILES string of the molecule is CC.Cn1nc(NS(N)=O)c2cccc(-c3ccc(C#CC(C)(C)O)nc3C(Cc3cc(F)cc(F)c3)NC(=O)n3nc(C(F)F)c4c3C(F)(F)CC4)c21. The number of aliphatic hydroxyl groups is 1. The van der Waals surface area contributed by atoms with Crippen LogP contribution in [0.4, 0.5) is 37.0 Å². The van der Waals surface area contributed by atoms with Crippen molar-refractivity contribution in [1.82, 2.24) is 29.9 Å². The molecule has 0 saturated heterocycles. The van der Waals surface area contributed by atoms with Gasteiger partial charge >= 0.3 is 6.03 Å². The maximum Gasteiger partial charge on any atom is 0.343 e. The summed E-state index contributed by atoms with van der Waals surface area (Å²) in [5.41, 5.74) is -2.53. The van der Waals surface area contributed by atoms with Gasteiger partial charge in [-0.1, -0.05) is 31.9 Å². The van der Waals surface area contributed by atoms with E-state index in [1.807, 2.05) is 13.8 Å². The Morgan fingerprint density at radius 1 is 1.07 bits per heavy atom. The first-order valence-corrected chi connectivity index (χ1v) is 17.8. The molecule has 0 saturated carbocycles. The molecule has 0 bridgehead atoms. The van der Waals surface area contributed by atoms with Crippen LogP contribution in [-0.2, 0) is 37.0 Å². The molecule has 2 unspecified atom stereocenters. The molecule has 0 fully saturated rings. The van der Waals surface area contributed by atoms with Gasteiger partial charge in [-0.15, -0.1) is 0 Å². The van der Waals surface area contributed by atoms with Crippen LogP contribution >= 0.6 is 0 Å². The lowest BCUT2D eigenvalue weighted by molar-refractivity contribution is -0.00911. The minimum atomic E-state index is -3.65. The Labute approximate surface area is 308 Å². The van der Waals surface area contributed by atoms with Gasteiger partial charge in [-0.05, 0) is 68.5 Å². The molecule has 18 heteroatoms. The molecule has 1 amide bonds. The number of hydrogen-bond donors (Lipinski definition) is 4. The van der Waals surface area contributed by atoms with Gasteiger partial charge in [0.25, 0.3) is 12.3 Å². The number of alkyl halides is 4. The molecular formula is C36H36F6N8O3S. The maximum atomic E-state index is 15.1. The molecule has 0 aliphatic heterocycles. The Morgan fingerprint density at radius 2 is 1.76 bits per heavy atom. The summed E-state index contributed by atoms with van der Waals surface area (Å²) in [4.78, 5) is 18.6. The van der Waals surface area contributed by atoms with Gasteiger partial charge in [0.1, 0.15) is 34.3 Å². The van der Waals surface area contributed by atoms with Crippen LogP contribution in [0.5, 0.6) is 0 Å². The van der Waals surface area contributed by atoms with Crippen molar-refractivity contribution in [3.63, 3.8) is 0 Å². The maximum absolute atomic E-state index is 15.1. The van der Waals surface area contributed by atoms with E-state index in [-0.39, 0.29) is 33.9 Å². The number of hydrogen-bond acceptors (Lipinski definition) is 6. The zero-order valence-corrected chi connectivity index (χ0v) is 30.5. The van der Waals surface area contributed by atoms with Crippen LogP contribution in [0.1, 0.15) is 80.5 Å². The van der Waals surface area contributed by atoms with Crippen LogP contribution in [0.25, 0.3) is 22.0 Å². The highest BCUT2D eigenvalue weighted by molar-refractivity contribution is 7.84. The number of aryl methyl sites for hydroxylation is 1. The summed E-state index contributed by atoms with van der Waals surface area (Å²) in [5.74, 6) is 0.00252. The van der Waals surface area contributed by atoms with Crippen molar-refractivity contribution < 1.29 is 40.5 Å². The molecule has 3 aromatic heterocycles. The summed E-state index contributed by atoms with van der Waals surface area (Å²) in [6, 6.07) is 7.99. The molecule has 2 aromatic carbocycles. The van der Waals surface area contributed by atoms with E-state index in [2.05, 4.69) is 37.1 Å². The third-order valence-electron chi connectivity index (χ3n) is 8.21. The van der Waals surface area contributed by atoms with Gasteiger partial charge in [0.15, 0.2) is 17.0 Å². The van der Waals surface area contributed by atoms with Gasteiger partial charge in [-0.3, -0.25) is 9.40 Å². The summed E-state index contributed by atoms with van der Waals surface area (Å²) < 4.78 is 103. The minimum absolute atomic E-state index is 0.0100. The van der Waals surface area contributed by atoms with Crippen molar-refractivity contribution in [2.75, 3.05) is 4.72 Å². The van der Waals surface area contributed by atoms with Gasteiger partial charge < -0.3 is 10.4 Å². The summed E-state index contributed by atoms with van der Waals surface area (Å²) in [7, 11) is 1.60. The lowest BCUT2D eigenvalue weighted by atomic mass is 9.94. The third-order valence-corrected chi connectivity index (χ3v) is 8.61. The topological polar surface area (TPSA) is 153 Å². The number of nitrogens with zero attached hydrogens (tertiary/aromatic N) is 5. The minimum Gasteiger partial charge on any atom is -0.378 e. The highest BCUT2D eigenvalue weighted by Gasteiger charge is 2.47. The van der Waals surface area contributed by atoms with Crippen molar-refractivity contribution in [2.24, 2.45) is 12.2 Å². The summed E-state index contributed by atoms with van der Waals surface area (Å²) in [5, 5.41) is 26.7. The van der Waals surface area contributed by atoms with Crippen LogP contribution in [-0.4, -0.2) is 45.5 Å². The summed E-state index contributed by atoms with van der Waals surface area (Å²) in [6.07, 6.45) is -4.88. The van der Waals surface area contributed by atoms with E-state index in [0.717, 1.165) is 12.1 Å². The first-order valence-electron chi connectivity index (χ1n) is 16.6. The van der Waals surface area contributed by atoms with Crippen molar-refractivity contribution in [2.45, 2.75) is 70.9 Å². The monoisotopic (exact) mass is 774 g/mol. The van der Waals surface area contributed by atoms with E-state index in [1.165, 1.54) is 24.6 Å². The molecule has 3 heterocycles. The van der Waals surface area contributed by atoms with Gasteiger partial charge in [-0.25, -0.2) is 36.7 Å². The van der Waals surface area contributed by atoms with Crippen molar-refractivity contribution >= 4 is 33.9 Å². The average molecular weight is 775 g/mol. The number of carbonyl (C=O) groups is 1. The number of benzene rings is 2. The fourth-order valence-corrected chi connectivity index (χ4v) is 6.52. The Balaban J connectivity index is 0.00000276. The number of rotatable bonds is 8. The van der Waals surface area contributed by atoms with Crippen LogP contribution in [0.3, 0.4) is 0 Å². The third kappa shape index (κ3) is 8.43. The Kier molecular flexibility index (Phi) is 11.6. The first-order chi connectivity index (χ1) is 25.4. The quantitative estimate of drug-likeness (QED) is 0.101. The second kappa shape index (κ2) is 15.6. The van der Waals surface area contributed by atoms with Gasteiger partial charge in [0.2, 0.25) is 0 Å². The molecule has 1 aliphatic carbocycles.